The molecule has 0 radical (unpaired) electrons. The van der Waals surface area contributed by atoms with Gasteiger partial charge in [0.1, 0.15) is 0 Å². The standard InChI is InChI=1S/C13H16N2O3S/c1-2-8-19-9-7-14-13(18)15-11-6-4-3-5-10(11)12(16)17/h2-6H,1,7-9H2,(H,16,17)(H2,14,15,18). The van der Waals surface area contributed by atoms with Crippen LogP contribution in [0.25, 0.3) is 0 Å². The second kappa shape index (κ2) is 8.20. The molecule has 0 saturated carbocycles. The summed E-state index contributed by atoms with van der Waals surface area (Å²) in [5.41, 5.74) is 0.352. The second-order valence-electron chi connectivity index (χ2n) is 3.60. The van der Waals surface area contributed by atoms with Crippen LogP contribution in [0.4, 0.5) is 10.5 Å². The monoisotopic (exact) mass is 280 g/mol. The number of rotatable bonds is 7. The van der Waals surface area contributed by atoms with Crippen molar-refractivity contribution in [2.75, 3.05) is 23.4 Å². The number of urea groups is 1. The van der Waals surface area contributed by atoms with E-state index in [1.54, 1.807) is 36.0 Å². The zero-order valence-corrected chi connectivity index (χ0v) is 11.2. The first-order valence-corrected chi connectivity index (χ1v) is 6.86. The third kappa shape index (κ3) is 5.48. The second-order valence-corrected chi connectivity index (χ2v) is 4.75. The summed E-state index contributed by atoms with van der Waals surface area (Å²) in [4.78, 5) is 22.5. The van der Waals surface area contributed by atoms with Crippen molar-refractivity contribution in [1.29, 1.82) is 0 Å². The van der Waals surface area contributed by atoms with Crippen molar-refractivity contribution in [1.82, 2.24) is 5.32 Å². The van der Waals surface area contributed by atoms with Crippen molar-refractivity contribution in [2.24, 2.45) is 0 Å². The van der Waals surface area contributed by atoms with E-state index < -0.39 is 12.0 Å². The molecule has 1 aromatic carbocycles. The van der Waals surface area contributed by atoms with E-state index in [1.807, 2.05) is 0 Å². The van der Waals surface area contributed by atoms with Gasteiger partial charge in [0.25, 0.3) is 0 Å². The Morgan fingerprint density at radius 2 is 2.11 bits per heavy atom. The molecule has 5 nitrogen and oxygen atoms in total. The highest BCUT2D eigenvalue weighted by Gasteiger charge is 2.10. The van der Waals surface area contributed by atoms with Crippen molar-refractivity contribution < 1.29 is 14.7 Å². The molecule has 0 aromatic heterocycles. The Labute approximate surface area is 116 Å². The number of thioether (sulfide) groups is 1. The van der Waals surface area contributed by atoms with E-state index in [-0.39, 0.29) is 11.3 Å². The molecule has 0 heterocycles. The van der Waals surface area contributed by atoms with Crippen molar-refractivity contribution in [3.63, 3.8) is 0 Å². The van der Waals surface area contributed by atoms with Gasteiger partial charge in [-0.25, -0.2) is 9.59 Å². The summed E-state index contributed by atoms with van der Waals surface area (Å²) in [7, 11) is 0. The first-order chi connectivity index (χ1) is 9.15. The van der Waals surface area contributed by atoms with Crippen molar-refractivity contribution in [3.05, 3.63) is 42.5 Å². The average Bonchev–Trinajstić information content (AvgIpc) is 2.39. The summed E-state index contributed by atoms with van der Waals surface area (Å²) in [6.07, 6.45) is 1.80. The van der Waals surface area contributed by atoms with Crippen LogP contribution in [0.5, 0.6) is 0 Å². The van der Waals surface area contributed by atoms with E-state index in [1.165, 1.54) is 6.07 Å². The largest absolute Gasteiger partial charge is 0.478 e. The number of carbonyl (C=O) groups excluding carboxylic acids is 1. The number of amides is 2. The number of carboxylic acids is 1. The van der Waals surface area contributed by atoms with E-state index >= 15 is 0 Å². The molecule has 0 aliphatic carbocycles. The number of hydrogen-bond acceptors (Lipinski definition) is 3. The van der Waals surface area contributed by atoms with Crippen LogP contribution in [-0.2, 0) is 0 Å². The van der Waals surface area contributed by atoms with Crippen LogP contribution in [0.2, 0.25) is 0 Å². The molecule has 19 heavy (non-hydrogen) atoms. The maximum absolute atomic E-state index is 11.6. The molecule has 0 aliphatic heterocycles. The topological polar surface area (TPSA) is 78.4 Å². The lowest BCUT2D eigenvalue weighted by molar-refractivity contribution is 0.0698. The minimum absolute atomic E-state index is 0.0682. The normalized spacial score (nSPS) is 9.68. The molecule has 6 heteroatoms. The molecule has 1 rings (SSSR count). The molecule has 0 fully saturated rings. The maximum Gasteiger partial charge on any atom is 0.337 e. The summed E-state index contributed by atoms with van der Waals surface area (Å²) < 4.78 is 0. The molecule has 0 saturated heterocycles. The summed E-state index contributed by atoms with van der Waals surface area (Å²) in [5, 5.41) is 14.1. The summed E-state index contributed by atoms with van der Waals surface area (Å²) >= 11 is 1.65. The smallest absolute Gasteiger partial charge is 0.337 e. The van der Waals surface area contributed by atoms with Gasteiger partial charge in [0.15, 0.2) is 0 Å². The Hall–Kier alpha value is -1.95. The number of carbonyl (C=O) groups is 2. The van der Waals surface area contributed by atoms with E-state index in [0.29, 0.717) is 6.54 Å². The van der Waals surface area contributed by atoms with E-state index in [9.17, 15) is 9.59 Å². The predicted octanol–water partition coefficient (Wildman–Crippen LogP) is 2.43. The number of benzene rings is 1. The van der Waals surface area contributed by atoms with Crippen LogP contribution >= 0.6 is 11.8 Å². The number of aromatic carboxylic acids is 1. The average molecular weight is 280 g/mol. The van der Waals surface area contributed by atoms with Gasteiger partial charge < -0.3 is 15.7 Å². The van der Waals surface area contributed by atoms with Gasteiger partial charge >= 0.3 is 12.0 Å². The minimum atomic E-state index is -1.07. The number of anilines is 1. The van der Waals surface area contributed by atoms with Gasteiger partial charge in [-0.15, -0.1) is 6.58 Å². The number of para-hydroxylation sites is 1. The zero-order valence-electron chi connectivity index (χ0n) is 10.4. The summed E-state index contributed by atoms with van der Waals surface area (Å²) in [6.45, 7) is 4.11. The first kappa shape index (κ1) is 15.1. The van der Waals surface area contributed by atoms with Gasteiger partial charge in [-0.2, -0.15) is 11.8 Å². The zero-order chi connectivity index (χ0) is 14.1. The highest BCUT2D eigenvalue weighted by Crippen LogP contribution is 2.14. The number of carboxylic acid groups (broad SMARTS) is 1. The summed E-state index contributed by atoms with van der Waals surface area (Å²) in [5.74, 6) is 0.544. The molecular weight excluding hydrogens is 264 g/mol. The SMILES string of the molecule is C=CCSCCNC(=O)Nc1ccccc1C(=O)O. The molecule has 3 N–H and O–H groups in total. The van der Waals surface area contributed by atoms with Crippen molar-refractivity contribution in [3.8, 4) is 0 Å². The van der Waals surface area contributed by atoms with Crippen LogP contribution in [0.1, 0.15) is 10.4 Å². The lowest BCUT2D eigenvalue weighted by Crippen LogP contribution is -2.31. The molecule has 0 bridgehead atoms. The Morgan fingerprint density at radius 3 is 2.79 bits per heavy atom. The minimum Gasteiger partial charge on any atom is -0.478 e. The fourth-order valence-corrected chi connectivity index (χ4v) is 1.93. The van der Waals surface area contributed by atoms with Crippen LogP contribution in [-0.4, -0.2) is 35.2 Å². The predicted molar refractivity (Wildman–Crippen MR) is 77.9 cm³/mol. The lowest BCUT2D eigenvalue weighted by atomic mass is 10.2. The van der Waals surface area contributed by atoms with Crippen LogP contribution in [0.3, 0.4) is 0 Å². The molecule has 0 unspecified atom stereocenters. The third-order valence-corrected chi connectivity index (χ3v) is 3.14. The van der Waals surface area contributed by atoms with Gasteiger partial charge in [0.2, 0.25) is 0 Å². The third-order valence-electron chi connectivity index (χ3n) is 2.17. The van der Waals surface area contributed by atoms with Gasteiger partial charge in [-0.3, -0.25) is 0 Å². The molecule has 102 valence electrons. The van der Waals surface area contributed by atoms with E-state index in [0.717, 1.165) is 11.5 Å². The molecule has 2 amide bonds. The highest BCUT2D eigenvalue weighted by atomic mass is 32.2. The van der Waals surface area contributed by atoms with E-state index in [2.05, 4.69) is 17.2 Å². The van der Waals surface area contributed by atoms with Gasteiger partial charge in [0.05, 0.1) is 11.3 Å². The molecular formula is C13H16N2O3S. The first-order valence-electron chi connectivity index (χ1n) is 5.71. The fourth-order valence-electron chi connectivity index (χ4n) is 1.35. The maximum atomic E-state index is 11.6. The Bertz CT molecular complexity index is 463. The van der Waals surface area contributed by atoms with E-state index in [4.69, 9.17) is 5.11 Å². The number of nitrogens with one attached hydrogen (secondary N) is 2. The number of hydrogen-bond donors (Lipinski definition) is 3. The Balaban J connectivity index is 2.44. The molecule has 1 aromatic rings. The quantitative estimate of drug-likeness (QED) is 0.529. The van der Waals surface area contributed by atoms with Gasteiger partial charge in [-0.05, 0) is 12.1 Å². The Kier molecular flexibility index (Phi) is 6.52. The van der Waals surface area contributed by atoms with Crippen LogP contribution in [0.15, 0.2) is 36.9 Å². The van der Waals surface area contributed by atoms with Crippen LogP contribution in [0, 0.1) is 0 Å². The molecule has 0 aliphatic rings. The van der Waals surface area contributed by atoms with Crippen molar-refractivity contribution in [2.45, 2.75) is 0 Å². The Morgan fingerprint density at radius 1 is 1.37 bits per heavy atom. The van der Waals surface area contributed by atoms with Gasteiger partial charge in [-0.1, -0.05) is 18.2 Å². The lowest BCUT2D eigenvalue weighted by Gasteiger charge is -2.09. The van der Waals surface area contributed by atoms with Gasteiger partial charge in [0, 0.05) is 18.1 Å². The fraction of sp³-hybridized carbons (Fsp3) is 0.231. The highest BCUT2D eigenvalue weighted by molar-refractivity contribution is 7.99. The summed E-state index contributed by atoms with van der Waals surface area (Å²) in [6, 6.07) is 5.86. The van der Waals surface area contributed by atoms with Crippen molar-refractivity contribution >= 4 is 29.4 Å². The molecule has 0 spiro atoms. The van der Waals surface area contributed by atoms with Crippen LogP contribution < -0.4 is 10.6 Å². The molecule has 0 atom stereocenters.